The van der Waals surface area contributed by atoms with E-state index in [1.165, 1.54) is 6.92 Å². The Kier molecular flexibility index (Phi) is 5.06. The molecule has 6 nitrogen and oxygen atoms in total. The zero-order chi connectivity index (χ0) is 21.3. The molecule has 0 unspecified atom stereocenters. The number of esters is 1. The summed E-state index contributed by atoms with van der Waals surface area (Å²) >= 11 is 0. The molecule has 0 spiro atoms. The Morgan fingerprint density at radius 1 is 0.900 bits per heavy atom. The molecule has 0 radical (unpaired) electrons. The highest BCUT2D eigenvalue weighted by Crippen LogP contribution is 2.46. The SMILES string of the molecule is COc1ccc(-c2cc(OC(C)=O)c3c(-c4ccccc4OC)c(N)oc3c2)cc1. The minimum atomic E-state index is -0.436. The number of ether oxygens (including phenoxy) is 3. The number of anilines is 1. The van der Waals surface area contributed by atoms with Gasteiger partial charge < -0.3 is 24.4 Å². The van der Waals surface area contributed by atoms with Gasteiger partial charge in [0.1, 0.15) is 22.8 Å². The fourth-order valence-corrected chi connectivity index (χ4v) is 3.51. The summed E-state index contributed by atoms with van der Waals surface area (Å²) in [6, 6.07) is 18.7. The van der Waals surface area contributed by atoms with Crippen LogP contribution in [0, 0.1) is 0 Å². The molecule has 1 aromatic heterocycles. The van der Waals surface area contributed by atoms with Gasteiger partial charge >= 0.3 is 5.97 Å². The van der Waals surface area contributed by atoms with Crippen LogP contribution in [0.1, 0.15) is 6.92 Å². The van der Waals surface area contributed by atoms with Crippen molar-refractivity contribution in [2.75, 3.05) is 20.0 Å². The number of nitrogen functional groups attached to an aromatic ring is 1. The summed E-state index contributed by atoms with van der Waals surface area (Å²) in [7, 11) is 3.21. The number of carbonyl (C=O) groups excluding carboxylic acids is 1. The first kappa shape index (κ1) is 19.4. The fourth-order valence-electron chi connectivity index (χ4n) is 3.51. The Bertz CT molecular complexity index is 1220. The summed E-state index contributed by atoms with van der Waals surface area (Å²) < 4.78 is 22.2. The maximum atomic E-state index is 11.8. The zero-order valence-electron chi connectivity index (χ0n) is 16.9. The van der Waals surface area contributed by atoms with Crippen molar-refractivity contribution in [2.45, 2.75) is 6.92 Å². The summed E-state index contributed by atoms with van der Waals surface area (Å²) in [5, 5.41) is 0.615. The maximum Gasteiger partial charge on any atom is 0.308 e. The molecule has 0 atom stereocenters. The van der Waals surface area contributed by atoms with E-state index in [1.54, 1.807) is 20.3 Å². The normalized spacial score (nSPS) is 10.8. The molecule has 2 N–H and O–H groups in total. The smallest absolute Gasteiger partial charge is 0.308 e. The van der Waals surface area contributed by atoms with Crippen LogP contribution in [0.4, 0.5) is 5.88 Å². The highest BCUT2D eigenvalue weighted by molar-refractivity contribution is 6.06. The second kappa shape index (κ2) is 7.83. The molecule has 0 aliphatic heterocycles. The molecule has 30 heavy (non-hydrogen) atoms. The number of furan rings is 1. The standard InChI is InChI=1S/C24H21NO5/c1-14(26)29-20-12-16(15-8-10-17(27-2)11-9-15)13-21-23(20)22(24(25)30-21)18-6-4-5-7-19(18)28-3/h4-13H,25H2,1-3H3. The molecule has 0 saturated heterocycles. The topological polar surface area (TPSA) is 83.9 Å². The number of nitrogens with two attached hydrogens (primary N) is 1. The van der Waals surface area contributed by atoms with Gasteiger partial charge in [-0.15, -0.1) is 0 Å². The highest BCUT2D eigenvalue weighted by atomic mass is 16.5. The molecule has 0 fully saturated rings. The zero-order valence-corrected chi connectivity index (χ0v) is 16.9. The number of hydrogen-bond acceptors (Lipinski definition) is 6. The Balaban J connectivity index is 1.97. The number of hydrogen-bond donors (Lipinski definition) is 1. The van der Waals surface area contributed by atoms with E-state index in [9.17, 15) is 4.79 Å². The minimum absolute atomic E-state index is 0.217. The molecule has 6 heteroatoms. The predicted molar refractivity (Wildman–Crippen MR) is 116 cm³/mol. The van der Waals surface area contributed by atoms with Crippen molar-refractivity contribution in [3.8, 4) is 39.5 Å². The monoisotopic (exact) mass is 403 g/mol. The van der Waals surface area contributed by atoms with E-state index >= 15 is 0 Å². The lowest BCUT2D eigenvalue weighted by molar-refractivity contribution is -0.131. The molecule has 0 aliphatic carbocycles. The van der Waals surface area contributed by atoms with Crippen molar-refractivity contribution in [1.29, 1.82) is 0 Å². The van der Waals surface area contributed by atoms with E-state index in [0.29, 0.717) is 28.0 Å². The summed E-state index contributed by atoms with van der Waals surface area (Å²) in [4.78, 5) is 11.8. The molecule has 4 aromatic rings. The van der Waals surface area contributed by atoms with E-state index in [1.807, 2.05) is 54.6 Å². The molecule has 4 rings (SSSR count). The number of carbonyl (C=O) groups is 1. The Morgan fingerprint density at radius 3 is 2.30 bits per heavy atom. The maximum absolute atomic E-state index is 11.8. The molecule has 0 saturated carbocycles. The third kappa shape index (κ3) is 3.43. The first-order chi connectivity index (χ1) is 14.5. The van der Waals surface area contributed by atoms with Gasteiger partial charge in [-0.1, -0.05) is 30.3 Å². The van der Waals surface area contributed by atoms with Gasteiger partial charge in [-0.2, -0.15) is 0 Å². The summed E-state index contributed by atoms with van der Waals surface area (Å²) in [5.74, 6) is 1.54. The molecule has 0 aliphatic rings. The van der Waals surface area contributed by atoms with Gasteiger partial charge in [0.05, 0.1) is 25.2 Å². The fraction of sp³-hybridized carbons (Fsp3) is 0.125. The van der Waals surface area contributed by atoms with Crippen LogP contribution in [0.3, 0.4) is 0 Å². The van der Waals surface area contributed by atoms with Gasteiger partial charge in [-0.3, -0.25) is 4.79 Å². The number of rotatable bonds is 5. The van der Waals surface area contributed by atoms with Crippen molar-refractivity contribution < 1.29 is 23.4 Å². The average molecular weight is 403 g/mol. The molecule has 3 aromatic carbocycles. The van der Waals surface area contributed by atoms with Gasteiger partial charge in [0.25, 0.3) is 0 Å². The van der Waals surface area contributed by atoms with Crippen molar-refractivity contribution in [3.05, 3.63) is 60.7 Å². The molecular weight excluding hydrogens is 382 g/mol. The highest BCUT2D eigenvalue weighted by Gasteiger charge is 2.22. The van der Waals surface area contributed by atoms with E-state index in [-0.39, 0.29) is 5.88 Å². The molecule has 0 amide bonds. The van der Waals surface area contributed by atoms with Crippen LogP contribution in [0.15, 0.2) is 65.1 Å². The van der Waals surface area contributed by atoms with Crippen molar-refractivity contribution >= 4 is 22.8 Å². The van der Waals surface area contributed by atoms with Crippen LogP contribution in [-0.2, 0) is 4.79 Å². The summed E-state index contributed by atoms with van der Waals surface area (Å²) in [6.07, 6.45) is 0. The average Bonchev–Trinajstić information content (AvgIpc) is 3.09. The van der Waals surface area contributed by atoms with E-state index in [2.05, 4.69) is 0 Å². The van der Waals surface area contributed by atoms with Crippen LogP contribution < -0.4 is 19.9 Å². The number of fused-ring (bicyclic) bond motifs is 1. The minimum Gasteiger partial charge on any atom is -0.497 e. The first-order valence-corrected chi connectivity index (χ1v) is 9.34. The van der Waals surface area contributed by atoms with Crippen LogP contribution in [0.25, 0.3) is 33.2 Å². The van der Waals surface area contributed by atoms with Gasteiger partial charge in [0, 0.05) is 12.5 Å². The molecule has 0 bridgehead atoms. The lowest BCUT2D eigenvalue weighted by Gasteiger charge is -2.11. The van der Waals surface area contributed by atoms with E-state index in [0.717, 1.165) is 22.4 Å². The quantitative estimate of drug-likeness (QED) is 0.360. The second-order valence-corrected chi connectivity index (χ2v) is 6.71. The Morgan fingerprint density at radius 2 is 1.63 bits per heavy atom. The second-order valence-electron chi connectivity index (χ2n) is 6.71. The van der Waals surface area contributed by atoms with Gasteiger partial charge in [-0.25, -0.2) is 0 Å². The number of para-hydroxylation sites is 1. The van der Waals surface area contributed by atoms with Gasteiger partial charge in [0.15, 0.2) is 5.88 Å². The van der Waals surface area contributed by atoms with Crippen LogP contribution in [0.5, 0.6) is 17.2 Å². The molecular formula is C24H21NO5. The number of methoxy groups -OCH3 is 2. The third-order valence-corrected chi connectivity index (χ3v) is 4.84. The summed E-state index contributed by atoms with van der Waals surface area (Å²) in [6.45, 7) is 1.36. The van der Waals surface area contributed by atoms with E-state index < -0.39 is 5.97 Å². The first-order valence-electron chi connectivity index (χ1n) is 9.34. The van der Waals surface area contributed by atoms with Crippen LogP contribution in [0.2, 0.25) is 0 Å². The van der Waals surface area contributed by atoms with Crippen molar-refractivity contribution in [3.63, 3.8) is 0 Å². The Labute approximate surface area is 173 Å². The van der Waals surface area contributed by atoms with Crippen LogP contribution in [-0.4, -0.2) is 20.2 Å². The molecule has 152 valence electrons. The Hall–Kier alpha value is -3.93. The van der Waals surface area contributed by atoms with E-state index in [4.69, 9.17) is 24.4 Å². The largest absolute Gasteiger partial charge is 0.497 e. The van der Waals surface area contributed by atoms with Gasteiger partial charge in [0.2, 0.25) is 0 Å². The van der Waals surface area contributed by atoms with Crippen molar-refractivity contribution in [1.82, 2.24) is 0 Å². The lowest BCUT2D eigenvalue weighted by Crippen LogP contribution is -2.02. The third-order valence-electron chi connectivity index (χ3n) is 4.84. The lowest BCUT2D eigenvalue weighted by atomic mass is 9.98. The predicted octanol–water partition coefficient (Wildman–Crippen LogP) is 5.29. The summed E-state index contributed by atoms with van der Waals surface area (Å²) in [5.41, 5.74) is 9.88. The van der Waals surface area contributed by atoms with Crippen molar-refractivity contribution in [2.24, 2.45) is 0 Å². The molecule has 1 heterocycles. The van der Waals surface area contributed by atoms with Crippen LogP contribution >= 0.6 is 0 Å². The van der Waals surface area contributed by atoms with Gasteiger partial charge in [-0.05, 0) is 41.5 Å². The number of benzene rings is 3.